The van der Waals surface area contributed by atoms with Crippen LogP contribution >= 0.6 is 11.6 Å². The van der Waals surface area contributed by atoms with E-state index in [1.165, 1.54) is 11.0 Å². The number of nitrogens with zero attached hydrogens (tertiary/aromatic N) is 1. The maximum absolute atomic E-state index is 14.2. The predicted molar refractivity (Wildman–Crippen MR) is 94.0 cm³/mol. The molecule has 0 saturated heterocycles. The Morgan fingerprint density at radius 3 is 2.76 bits per heavy atom. The second-order valence-electron chi connectivity index (χ2n) is 5.94. The van der Waals surface area contributed by atoms with E-state index in [2.05, 4.69) is 5.32 Å². The second-order valence-corrected chi connectivity index (χ2v) is 6.38. The SMILES string of the molecule is C[C@@H](c1ccccc1F)N1C(=O)[C@H](NC(N)=O)Cc2ccc(Cl)cc21. The zero-order valence-corrected chi connectivity index (χ0v) is 14.3. The molecule has 1 heterocycles. The van der Waals surface area contributed by atoms with Crippen LogP contribution in [0.15, 0.2) is 42.5 Å². The van der Waals surface area contributed by atoms with Crippen molar-refractivity contribution in [3.8, 4) is 0 Å². The van der Waals surface area contributed by atoms with Crippen LogP contribution in [0.4, 0.5) is 14.9 Å². The average Bonchev–Trinajstić information content (AvgIpc) is 2.55. The normalized spacial score (nSPS) is 17.8. The van der Waals surface area contributed by atoms with Gasteiger partial charge in [-0.2, -0.15) is 0 Å². The third-order valence-corrected chi connectivity index (χ3v) is 4.56. The molecule has 25 heavy (non-hydrogen) atoms. The number of benzene rings is 2. The van der Waals surface area contributed by atoms with Gasteiger partial charge in [-0.1, -0.05) is 35.9 Å². The Labute approximate surface area is 149 Å². The number of anilines is 1. The molecule has 3 N–H and O–H groups in total. The first-order chi connectivity index (χ1) is 11.9. The molecule has 1 aliphatic heterocycles. The maximum Gasteiger partial charge on any atom is 0.312 e. The van der Waals surface area contributed by atoms with Gasteiger partial charge in [0.25, 0.3) is 5.91 Å². The Balaban J connectivity index is 2.09. The highest BCUT2D eigenvalue weighted by atomic mass is 35.5. The molecule has 3 amide bonds. The van der Waals surface area contributed by atoms with Crippen LogP contribution in [0.3, 0.4) is 0 Å². The van der Waals surface area contributed by atoms with Crippen molar-refractivity contribution in [2.24, 2.45) is 5.73 Å². The first kappa shape index (κ1) is 17.2. The van der Waals surface area contributed by atoms with Gasteiger partial charge in [-0.15, -0.1) is 0 Å². The Hall–Kier alpha value is -2.60. The van der Waals surface area contributed by atoms with Crippen molar-refractivity contribution >= 4 is 29.2 Å². The molecule has 0 aliphatic carbocycles. The highest BCUT2D eigenvalue weighted by Gasteiger charge is 2.37. The summed E-state index contributed by atoms with van der Waals surface area (Å²) >= 11 is 6.09. The van der Waals surface area contributed by atoms with Crippen LogP contribution in [0.25, 0.3) is 0 Å². The lowest BCUT2D eigenvalue weighted by Gasteiger charge is -2.38. The third kappa shape index (κ3) is 3.30. The summed E-state index contributed by atoms with van der Waals surface area (Å²) in [6, 6.07) is 9.28. The van der Waals surface area contributed by atoms with Gasteiger partial charge in [-0.3, -0.25) is 4.79 Å². The van der Waals surface area contributed by atoms with E-state index in [4.69, 9.17) is 17.3 Å². The van der Waals surface area contributed by atoms with E-state index in [1.807, 2.05) is 0 Å². The van der Waals surface area contributed by atoms with E-state index >= 15 is 0 Å². The van der Waals surface area contributed by atoms with Gasteiger partial charge < -0.3 is 16.0 Å². The zero-order valence-electron chi connectivity index (χ0n) is 13.5. The number of fused-ring (bicyclic) bond motifs is 1. The molecule has 0 spiro atoms. The molecule has 5 nitrogen and oxygen atoms in total. The number of primary amides is 1. The van der Waals surface area contributed by atoms with Gasteiger partial charge >= 0.3 is 6.03 Å². The minimum Gasteiger partial charge on any atom is -0.352 e. The van der Waals surface area contributed by atoms with E-state index in [0.717, 1.165) is 5.56 Å². The fourth-order valence-electron chi connectivity index (χ4n) is 3.16. The molecule has 0 saturated carbocycles. The molecule has 2 aromatic carbocycles. The molecular formula is C18H17ClFN3O2. The minimum atomic E-state index is -0.805. The molecule has 3 rings (SSSR count). The van der Waals surface area contributed by atoms with Crippen LogP contribution in [0.5, 0.6) is 0 Å². The minimum absolute atomic E-state index is 0.300. The van der Waals surface area contributed by atoms with Crippen molar-refractivity contribution in [1.82, 2.24) is 5.32 Å². The van der Waals surface area contributed by atoms with Crippen LogP contribution in [0, 0.1) is 5.82 Å². The largest absolute Gasteiger partial charge is 0.352 e. The van der Waals surface area contributed by atoms with Crippen LogP contribution in [-0.4, -0.2) is 18.0 Å². The molecule has 0 aromatic heterocycles. The number of carbonyl (C=O) groups excluding carboxylic acids is 2. The van der Waals surface area contributed by atoms with E-state index in [-0.39, 0.29) is 5.91 Å². The van der Waals surface area contributed by atoms with Crippen molar-refractivity contribution in [2.45, 2.75) is 25.4 Å². The van der Waals surface area contributed by atoms with E-state index in [9.17, 15) is 14.0 Å². The second kappa shape index (κ2) is 6.72. The summed E-state index contributed by atoms with van der Waals surface area (Å²) in [7, 11) is 0. The molecule has 1 aliphatic rings. The molecule has 0 bridgehead atoms. The molecule has 0 unspecified atom stereocenters. The number of amides is 3. The van der Waals surface area contributed by atoms with Crippen LogP contribution < -0.4 is 16.0 Å². The lowest BCUT2D eigenvalue weighted by Crippen LogP contribution is -2.54. The molecular weight excluding hydrogens is 345 g/mol. The Kier molecular flexibility index (Phi) is 4.63. The molecule has 2 aromatic rings. The highest BCUT2D eigenvalue weighted by molar-refractivity contribution is 6.31. The van der Waals surface area contributed by atoms with Gasteiger partial charge in [0.15, 0.2) is 0 Å². The fourth-order valence-corrected chi connectivity index (χ4v) is 3.33. The number of rotatable bonds is 3. The first-order valence-corrected chi connectivity index (χ1v) is 8.18. The Morgan fingerprint density at radius 1 is 1.36 bits per heavy atom. The van der Waals surface area contributed by atoms with Crippen LogP contribution in [0.2, 0.25) is 5.02 Å². The van der Waals surface area contributed by atoms with E-state index in [1.54, 1.807) is 43.3 Å². The summed E-state index contributed by atoms with van der Waals surface area (Å²) in [5.41, 5.74) is 6.99. The van der Waals surface area contributed by atoms with Gasteiger partial charge in [0.1, 0.15) is 11.9 Å². The monoisotopic (exact) mass is 361 g/mol. The molecule has 0 radical (unpaired) electrons. The lowest BCUT2D eigenvalue weighted by atomic mass is 9.94. The number of carbonyl (C=O) groups is 2. The zero-order chi connectivity index (χ0) is 18.1. The van der Waals surface area contributed by atoms with E-state index in [0.29, 0.717) is 22.7 Å². The van der Waals surface area contributed by atoms with Gasteiger partial charge in [-0.05, 0) is 30.7 Å². The highest BCUT2D eigenvalue weighted by Crippen LogP contribution is 2.37. The molecule has 130 valence electrons. The van der Waals surface area contributed by atoms with Crippen LogP contribution in [0.1, 0.15) is 24.1 Å². The van der Waals surface area contributed by atoms with Gasteiger partial charge in [0.05, 0.1) is 6.04 Å². The summed E-state index contributed by atoms with van der Waals surface area (Å²) < 4.78 is 14.2. The summed E-state index contributed by atoms with van der Waals surface area (Å²) in [6.07, 6.45) is 0.300. The Morgan fingerprint density at radius 2 is 2.08 bits per heavy atom. The van der Waals surface area contributed by atoms with Crippen molar-refractivity contribution in [3.05, 3.63) is 64.4 Å². The number of nitrogens with two attached hydrogens (primary N) is 1. The van der Waals surface area contributed by atoms with Crippen molar-refractivity contribution < 1.29 is 14.0 Å². The first-order valence-electron chi connectivity index (χ1n) is 7.80. The number of urea groups is 1. The predicted octanol–water partition coefficient (Wildman–Crippen LogP) is 3.17. The number of hydrogen-bond acceptors (Lipinski definition) is 2. The average molecular weight is 362 g/mol. The van der Waals surface area contributed by atoms with Gasteiger partial charge in [0, 0.05) is 22.7 Å². The standard InChI is InChI=1S/C18H17ClFN3O2/c1-10(13-4-2-3-5-14(13)20)23-16-9-12(19)7-6-11(16)8-15(17(23)24)22-18(21)25/h2-7,9-10,15H,8H2,1H3,(H3,21,22,25)/t10-,15+/m0/s1. The summed E-state index contributed by atoms with van der Waals surface area (Å²) in [5, 5.41) is 2.93. The maximum atomic E-state index is 14.2. The number of nitrogens with one attached hydrogen (secondary N) is 1. The van der Waals surface area contributed by atoms with E-state index < -0.39 is 23.9 Å². The summed E-state index contributed by atoms with van der Waals surface area (Å²) in [4.78, 5) is 25.7. The van der Waals surface area contributed by atoms with Gasteiger partial charge in [-0.25, -0.2) is 9.18 Å². The van der Waals surface area contributed by atoms with Crippen molar-refractivity contribution in [1.29, 1.82) is 0 Å². The topological polar surface area (TPSA) is 75.4 Å². The lowest BCUT2D eigenvalue weighted by molar-refractivity contribution is -0.121. The molecule has 0 fully saturated rings. The third-order valence-electron chi connectivity index (χ3n) is 4.33. The number of hydrogen-bond donors (Lipinski definition) is 2. The fraction of sp³-hybridized carbons (Fsp3) is 0.222. The molecule has 7 heteroatoms. The Bertz CT molecular complexity index is 843. The number of halogens is 2. The quantitative estimate of drug-likeness (QED) is 0.881. The van der Waals surface area contributed by atoms with Crippen molar-refractivity contribution in [3.63, 3.8) is 0 Å². The summed E-state index contributed by atoms with van der Waals surface area (Å²) in [6.45, 7) is 1.73. The van der Waals surface area contributed by atoms with Gasteiger partial charge in [0.2, 0.25) is 0 Å². The van der Waals surface area contributed by atoms with Crippen molar-refractivity contribution in [2.75, 3.05) is 4.90 Å². The molecule has 2 atom stereocenters. The summed E-state index contributed by atoms with van der Waals surface area (Å²) in [5.74, 6) is -0.763. The smallest absolute Gasteiger partial charge is 0.312 e. The van der Waals surface area contributed by atoms with Crippen LogP contribution in [-0.2, 0) is 11.2 Å².